The molecule has 17 heavy (non-hydrogen) atoms. The second-order valence-electron chi connectivity index (χ2n) is 3.64. The Labute approximate surface area is 98.4 Å². The second kappa shape index (κ2) is 4.78. The van der Waals surface area contributed by atoms with Crippen LogP contribution in [-0.2, 0) is 4.79 Å². The van der Waals surface area contributed by atoms with Crippen LogP contribution in [0.15, 0.2) is 40.8 Å². The fourth-order valence-corrected chi connectivity index (χ4v) is 1.64. The van der Waals surface area contributed by atoms with Crippen molar-refractivity contribution in [1.82, 2.24) is 0 Å². The van der Waals surface area contributed by atoms with Crippen LogP contribution in [0.1, 0.15) is 11.5 Å². The van der Waals surface area contributed by atoms with Gasteiger partial charge in [-0.25, -0.2) is 4.39 Å². The Morgan fingerprint density at radius 3 is 2.59 bits per heavy atom. The number of allylic oxidation sites excluding steroid dienone is 1. The van der Waals surface area contributed by atoms with E-state index in [0.717, 1.165) is 16.9 Å². The largest absolute Gasteiger partial charge is 0.461 e. The average Bonchev–Trinajstić information content (AvgIpc) is 2.69. The molecule has 3 heteroatoms. The topological polar surface area (TPSA) is 30.2 Å². The summed E-state index contributed by atoms with van der Waals surface area (Å²) in [6.07, 6.45) is 3.65. The first kappa shape index (κ1) is 11.3. The molecule has 86 valence electrons. The number of hydrogen-bond acceptors (Lipinski definition) is 2. The van der Waals surface area contributed by atoms with Gasteiger partial charge in [0, 0.05) is 5.56 Å². The first-order valence-electron chi connectivity index (χ1n) is 5.19. The highest BCUT2D eigenvalue weighted by Gasteiger charge is 2.08. The van der Waals surface area contributed by atoms with Gasteiger partial charge in [0.1, 0.15) is 23.6 Å². The summed E-state index contributed by atoms with van der Waals surface area (Å²) in [7, 11) is 0. The second-order valence-corrected chi connectivity index (χ2v) is 3.64. The first-order chi connectivity index (χ1) is 8.20. The normalized spacial score (nSPS) is 10.9. The fraction of sp³-hybridized carbons (Fsp3) is 0.0714. The van der Waals surface area contributed by atoms with E-state index in [1.807, 2.05) is 13.0 Å². The van der Waals surface area contributed by atoms with Crippen molar-refractivity contribution >= 4 is 12.4 Å². The van der Waals surface area contributed by atoms with E-state index in [2.05, 4.69) is 0 Å². The van der Waals surface area contributed by atoms with Gasteiger partial charge < -0.3 is 4.42 Å². The van der Waals surface area contributed by atoms with E-state index in [0.29, 0.717) is 12.0 Å². The van der Waals surface area contributed by atoms with Crippen molar-refractivity contribution in [3.63, 3.8) is 0 Å². The molecule has 0 aliphatic rings. The van der Waals surface area contributed by atoms with E-state index in [9.17, 15) is 9.18 Å². The zero-order chi connectivity index (χ0) is 12.3. The number of hydrogen-bond donors (Lipinski definition) is 0. The van der Waals surface area contributed by atoms with E-state index in [-0.39, 0.29) is 5.82 Å². The van der Waals surface area contributed by atoms with Crippen LogP contribution < -0.4 is 0 Å². The maximum absolute atomic E-state index is 12.8. The highest BCUT2D eigenvalue weighted by molar-refractivity contribution is 5.79. The van der Waals surface area contributed by atoms with E-state index >= 15 is 0 Å². The van der Waals surface area contributed by atoms with Gasteiger partial charge in [-0.3, -0.25) is 4.79 Å². The highest BCUT2D eigenvalue weighted by Crippen LogP contribution is 2.28. The Kier molecular flexibility index (Phi) is 3.19. The van der Waals surface area contributed by atoms with Crippen molar-refractivity contribution in [3.05, 3.63) is 53.7 Å². The molecule has 0 spiro atoms. The molecule has 0 bridgehead atoms. The highest BCUT2D eigenvalue weighted by atomic mass is 19.1. The molecular weight excluding hydrogens is 219 g/mol. The van der Waals surface area contributed by atoms with Crippen molar-refractivity contribution in [2.45, 2.75) is 6.92 Å². The maximum Gasteiger partial charge on any atom is 0.142 e. The molecule has 1 aromatic heterocycles. The fourth-order valence-electron chi connectivity index (χ4n) is 1.64. The molecular formula is C14H11FO2. The molecule has 0 aliphatic heterocycles. The molecule has 0 N–H and O–H groups in total. The lowest BCUT2D eigenvalue weighted by molar-refractivity contribution is -0.104. The van der Waals surface area contributed by atoms with Gasteiger partial charge in [0.2, 0.25) is 0 Å². The van der Waals surface area contributed by atoms with Crippen LogP contribution in [-0.4, -0.2) is 6.29 Å². The summed E-state index contributed by atoms with van der Waals surface area (Å²) in [5.41, 5.74) is 1.70. The predicted molar refractivity (Wildman–Crippen MR) is 63.9 cm³/mol. The lowest BCUT2D eigenvalue weighted by Gasteiger charge is -1.98. The average molecular weight is 230 g/mol. The van der Waals surface area contributed by atoms with Crippen LogP contribution in [0, 0.1) is 12.7 Å². The van der Waals surface area contributed by atoms with Crippen molar-refractivity contribution in [1.29, 1.82) is 0 Å². The molecule has 2 rings (SSSR count). The van der Waals surface area contributed by atoms with E-state index < -0.39 is 0 Å². The van der Waals surface area contributed by atoms with E-state index in [1.54, 1.807) is 18.2 Å². The molecule has 0 unspecified atom stereocenters. The lowest BCUT2D eigenvalue weighted by atomic mass is 10.1. The summed E-state index contributed by atoms with van der Waals surface area (Å²) in [6.45, 7) is 1.82. The van der Waals surface area contributed by atoms with Crippen LogP contribution in [0.2, 0.25) is 0 Å². The summed E-state index contributed by atoms with van der Waals surface area (Å²) in [4.78, 5) is 10.3. The number of benzene rings is 1. The van der Waals surface area contributed by atoms with Crippen LogP contribution >= 0.6 is 0 Å². The molecule has 0 saturated heterocycles. The van der Waals surface area contributed by atoms with E-state index in [1.165, 1.54) is 18.2 Å². The molecule has 0 radical (unpaired) electrons. The zero-order valence-electron chi connectivity index (χ0n) is 9.31. The van der Waals surface area contributed by atoms with E-state index in [4.69, 9.17) is 4.42 Å². The summed E-state index contributed by atoms with van der Waals surface area (Å²) in [5, 5.41) is 0. The third-order valence-corrected chi connectivity index (χ3v) is 2.37. The van der Waals surface area contributed by atoms with Gasteiger partial charge in [0.05, 0.1) is 0 Å². The molecule has 0 aliphatic carbocycles. The van der Waals surface area contributed by atoms with Gasteiger partial charge in [0.15, 0.2) is 0 Å². The van der Waals surface area contributed by atoms with Crippen molar-refractivity contribution in [2.75, 3.05) is 0 Å². The zero-order valence-corrected chi connectivity index (χ0v) is 9.31. The van der Waals surface area contributed by atoms with Crippen molar-refractivity contribution in [3.8, 4) is 11.1 Å². The quantitative estimate of drug-likeness (QED) is 0.595. The number of furan rings is 1. The van der Waals surface area contributed by atoms with Gasteiger partial charge in [-0.15, -0.1) is 0 Å². The third kappa shape index (κ3) is 2.50. The monoisotopic (exact) mass is 230 g/mol. The smallest absolute Gasteiger partial charge is 0.142 e. The summed E-state index contributed by atoms with van der Waals surface area (Å²) < 4.78 is 18.3. The molecule has 0 saturated carbocycles. The SMILES string of the molecule is Cc1cc(-c2ccc(F)cc2)c(C=CC=O)o1. The van der Waals surface area contributed by atoms with Crippen molar-refractivity contribution in [2.24, 2.45) is 0 Å². The van der Waals surface area contributed by atoms with Crippen LogP contribution in [0.25, 0.3) is 17.2 Å². The minimum atomic E-state index is -0.279. The molecule has 2 nitrogen and oxygen atoms in total. The number of carbonyl (C=O) groups is 1. The third-order valence-electron chi connectivity index (χ3n) is 2.37. The lowest BCUT2D eigenvalue weighted by Crippen LogP contribution is -1.79. The van der Waals surface area contributed by atoms with Gasteiger partial charge in [-0.05, 0) is 42.8 Å². The molecule has 0 amide bonds. The Morgan fingerprint density at radius 1 is 1.24 bits per heavy atom. The molecule has 0 atom stereocenters. The van der Waals surface area contributed by atoms with Gasteiger partial charge in [-0.2, -0.15) is 0 Å². The van der Waals surface area contributed by atoms with Gasteiger partial charge >= 0.3 is 0 Å². The Morgan fingerprint density at radius 2 is 1.94 bits per heavy atom. The van der Waals surface area contributed by atoms with Crippen LogP contribution in [0.5, 0.6) is 0 Å². The number of halogens is 1. The number of rotatable bonds is 3. The predicted octanol–water partition coefficient (Wildman–Crippen LogP) is 3.61. The van der Waals surface area contributed by atoms with Crippen LogP contribution in [0.3, 0.4) is 0 Å². The molecule has 0 fully saturated rings. The summed E-state index contributed by atoms with van der Waals surface area (Å²) >= 11 is 0. The summed E-state index contributed by atoms with van der Waals surface area (Å²) in [5.74, 6) is 1.06. The van der Waals surface area contributed by atoms with Gasteiger partial charge in [-0.1, -0.05) is 12.1 Å². The van der Waals surface area contributed by atoms with Crippen LogP contribution in [0.4, 0.5) is 4.39 Å². The minimum Gasteiger partial charge on any atom is -0.461 e. The first-order valence-corrected chi connectivity index (χ1v) is 5.19. The number of carbonyl (C=O) groups excluding carboxylic acids is 1. The van der Waals surface area contributed by atoms with Gasteiger partial charge in [0.25, 0.3) is 0 Å². The Bertz CT molecular complexity index is 550. The Hall–Kier alpha value is -2.16. The molecule has 1 heterocycles. The summed E-state index contributed by atoms with van der Waals surface area (Å²) in [6, 6.07) is 8.00. The van der Waals surface area contributed by atoms with Crippen molar-refractivity contribution < 1.29 is 13.6 Å². The minimum absolute atomic E-state index is 0.279. The molecule has 2 aromatic rings. The standard InChI is InChI=1S/C14H11FO2/c1-10-9-13(14(17-10)3-2-8-16)11-4-6-12(15)7-5-11/h2-9H,1H3. The Balaban J connectivity index is 2.47. The number of aldehydes is 1. The maximum atomic E-state index is 12.8. The number of aryl methyl sites for hydroxylation is 1. The molecule has 1 aromatic carbocycles.